The Kier molecular flexibility index (Phi) is 4.52. The Morgan fingerprint density at radius 1 is 1.41 bits per heavy atom. The molecule has 0 unspecified atom stereocenters. The van der Waals surface area contributed by atoms with Crippen molar-refractivity contribution in [2.75, 3.05) is 6.61 Å². The molecule has 0 aliphatic rings. The van der Waals surface area contributed by atoms with Crippen LogP contribution in [0.1, 0.15) is 17.7 Å². The zero-order valence-electron chi connectivity index (χ0n) is 12.0. The van der Waals surface area contributed by atoms with E-state index in [0.29, 0.717) is 18.0 Å². The number of pyridine rings is 1. The summed E-state index contributed by atoms with van der Waals surface area (Å²) in [6.07, 6.45) is 4.95. The zero-order chi connectivity index (χ0) is 15.5. The maximum atomic E-state index is 9.07. The van der Waals surface area contributed by atoms with E-state index in [1.54, 1.807) is 22.2 Å². The summed E-state index contributed by atoms with van der Waals surface area (Å²) in [5.74, 6) is 0. The molecule has 22 heavy (non-hydrogen) atoms. The molecule has 3 aromatic heterocycles. The largest absolute Gasteiger partial charge is 0.396 e. The lowest BCUT2D eigenvalue weighted by Gasteiger charge is -2.12. The van der Waals surface area contributed by atoms with Crippen LogP contribution in [0.4, 0.5) is 0 Å². The average Bonchev–Trinajstić information content (AvgIpc) is 3.16. The summed E-state index contributed by atoms with van der Waals surface area (Å²) < 4.78 is 1.80. The van der Waals surface area contributed by atoms with Crippen molar-refractivity contribution in [3.05, 3.63) is 46.3 Å². The van der Waals surface area contributed by atoms with E-state index in [9.17, 15) is 0 Å². The van der Waals surface area contributed by atoms with Crippen LogP contribution in [0.25, 0.3) is 16.4 Å². The molecule has 0 fully saturated rings. The monoisotopic (exact) mass is 334 g/mol. The first-order valence-corrected chi connectivity index (χ1v) is 8.17. The van der Waals surface area contributed by atoms with Gasteiger partial charge in [-0.25, -0.2) is 14.6 Å². The summed E-state index contributed by atoms with van der Waals surface area (Å²) in [5.41, 5.74) is 3.46. The third kappa shape index (κ3) is 3.04. The molecule has 0 bridgehead atoms. The number of aliphatic hydroxyl groups excluding tert-OH is 1. The van der Waals surface area contributed by atoms with Crippen LogP contribution < -0.4 is 0 Å². The molecule has 114 valence electrons. The van der Waals surface area contributed by atoms with Gasteiger partial charge in [0.25, 0.3) is 0 Å². The number of aliphatic hydroxyl groups is 1. The maximum absolute atomic E-state index is 9.07. The normalized spacial score (nSPS) is 11.0. The number of halogens is 1. The fraction of sp³-hybridized carbons (Fsp3) is 0.267. The molecule has 0 saturated heterocycles. The highest BCUT2D eigenvalue weighted by atomic mass is 35.5. The predicted octanol–water partition coefficient (Wildman–Crippen LogP) is 3.28. The van der Waals surface area contributed by atoms with Gasteiger partial charge in [-0.1, -0.05) is 11.6 Å². The number of nitrogens with zero attached hydrogens (tertiary/aromatic N) is 4. The minimum Gasteiger partial charge on any atom is -0.396 e. The highest BCUT2D eigenvalue weighted by molar-refractivity contribution is 7.13. The van der Waals surface area contributed by atoms with Gasteiger partial charge in [-0.2, -0.15) is 5.10 Å². The first-order valence-electron chi connectivity index (χ1n) is 6.92. The third-order valence-electron chi connectivity index (χ3n) is 3.25. The molecule has 0 spiro atoms. The Bertz CT molecular complexity index is 770. The van der Waals surface area contributed by atoms with Crippen LogP contribution in [0, 0.1) is 6.92 Å². The van der Waals surface area contributed by atoms with Gasteiger partial charge >= 0.3 is 0 Å². The number of thiazole rings is 1. The quantitative estimate of drug-likeness (QED) is 0.727. The summed E-state index contributed by atoms with van der Waals surface area (Å²) in [4.78, 5) is 8.57. The summed E-state index contributed by atoms with van der Waals surface area (Å²) in [5, 5.41) is 16.9. The lowest BCUT2D eigenvalue weighted by molar-refractivity contribution is 0.288. The molecule has 1 N–H and O–H groups in total. The van der Waals surface area contributed by atoms with Gasteiger partial charge in [0.05, 0.1) is 5.69 Å². The van der Waals surface area contributed by atoms with Crippen LogP contribution in [0.5, 0.6) is 0 Å². The smallest absolute Gasteiger partial charge is 0.143 e. The van der Waals surface area contributed by atoms with Gasteiger partial charge in [0.15, 0.2) is 0 Å². The molecule has 0 aromatic carbocycles. The van der Waals surface area contributed by atoms with Crippen LogP contribution in [-0.2, 0) is 6.42 Å². The molecule has 0 radical (unpaired) electrons. The van der Waals surface area contributed by atoms with E-state index in [0.717, 1.165) is 27.6 Å². The Morgan fingerprint density at radius 3 is 3.00 bits per heavy atom. The number of aryl methyl sites for hydroxylation is 1. The first-order chi connectivity index (χ1) is 10.7. The van der Waals surface area contributed by atoms with Crippen molar-refractivity contribution in [1.82, 2.24) is 19.7 Å². The van der Waals surface area contributed by atoms with Gasteiger partial charge < -0.3 is 5.11 Å². The number of hydrogen-bond donors (Lipinski definition) is 1. The van der Waals surface area contributed by atoms with Gasteiger partial charge in [-0.3, -0.25) is 0 Å². The predicted molar refractivity (Wildman–Crippen MR) is 87.6 cm³/mol. The molecule has 0 saturated carbocycles. The van der Waals surface area contributed by atoms with Crippen molar-refractivity contribution in [1.29, 1.82) is 0 Å². The summed E-state index contributed by atoms with van der Waals surface area (Å²) in [7, 11) is 0. The van der Waals surface area contributed by atoms with E-state index in [1.165, 1.54) is 0 Å². The molecule has 3 rings (SSSR count). The standard InChI is InChI=1S/C15H15ClN4OS/c1-10-9-13(11(3-2-7-21)14(16)18-10)20-6-4-12(19-20)15-17-5-8-22-15/h4-6,8-9,21H,2-3,7H2,1H3. The van der Waals surface area contributed by atoms with E-state index in [1.807, 2.05) is 30.6 Å². The number of rotatable bonds is 5. The molecular formula is C15H15ClN4OS. The number of hydrogen-bond acceptors (Lipinski definition) is 5. The molecule has 0 aliphatic carbocycles. The highest BCUT2D eigenvalue weighted by Gasteiger charge is 2.14. The first kappa shape index (κ1) is 15.1. The minimum absolute atomic E-state index is 0.118. The number of aromatic nitrogens is 4. The molecule has 5 nitrogen and oxygen atoms in total. The van der Waals surface area contributed by atoms with E-state index >= 15 is 0 Å². The van der Waals surface area contributed by atoms with Gasteiger partial charge in [0.1, 0.15) is 15.9 Å². The third-order valence-corrected chi connectivity index (χ3v) is 4.36. The second-order valence-corrected chi connectivity index (χ2v) is 6.11. The van der Waals surface area contributed by atoms with E-state index in [4.69, 9.17) is 16.7 Å². The summed E-state index contributed by atoms with van der Waals surface area (Å²) in [6, 6.07) is 3.88. The van der Waals surface area contributed by atoms with Crippen molar-refractivity contribution in [3.8, 4) is 16.4 Å². The Labute approximate surface area is 137 Å². The van der Waals surface area contributed by atoms with Crippen molar-refractivity contribution in [2.45, 2.75) is 19.8 Å². The lowest BCUT2D eigenvalue weighted by Crippen LogP contribution is -2.05. The fourth-order valence-corrected chi connectivity index (χ4v) is 3.19. The van der Waals surface area contributed by atoms with E-state index in [-0.39, 0.29) is 6.61 Å². The second-order valence-electron chi connectivity index (χ2n) is 4.86. The fourth-order valence-electron chi connectivity index (χ4n) is 2.26. The molecular weight excluding hydrogens is 320 g/mol. The van der Waals surface area contributed by atoms with Crippen molar-refractivity contribution in [2.24, 2.45) is 0 Å². The van der Waals surface area contributed by atoms with Gasteiger partial charge in [0, 0.05) is 35.6 Å². The molecule has 0 amide bonds. The van der Waals surface area contributed by atoms with Crippen LogP contribution in [0.15, 0.2) is 29.9 Å². The highest BCUT2D eigenvalue weighted by Crippen LogP contribution is 2.26. The van der Waals surface area contributed by atoms with Gasteiger partial charge in [0.2, 0.25) is 0 Å². The average molecular weight is 335 g/mol. The Morgan fingerprint density at radius 2 is 2.27 bits per heavy atom. The van der Waals surface area contributed by atoms with E-state index < -0.39 is 0 Å². The SMILES string of the molecule is Cc1cc(-n2ccc(-c3nccs3)n2)c(CCCO)c(Cl)n1. The zero-order valence-corrected chi connectivity index (χ0v) is 13.6. The van der Waals surface area contributed by atoms with Crippen LogP contribution in [0.2, 0.25) is 5.15 Å². The topological polar surface area (TPSA) is 63.8 Å². The Hall–Kier alpha value is -1.76. The van der Waals surface area contributed by atoms with Crippen molar-refractivity contribution >= 4 is 22.9 Å². The molecule has 0 atom stereocenters. The van der Waals surface area contributed by atoms with Gasteiger partial charge in [-0.15, -0.1) is 11.3 Å². The molecule has 3 heterocycles. The van der Waals surface area contributed by atoms with Crippen molar-refractivity contribution < 1.29 is 5.11 Å². The minimum atomic E-state index is 0.118. The lowest BCUT2D eigenvalue weighted by atomic mass is 10.1. The summed E-state index contributed by atoms with van der Waals surface area (Å²) >= 11 is 7.83. The van der Waals surface area contributed by atoms with Gasteiger partial charge in [-0.05, 0) is 31.9 Å². The van der Waals surface area contributed by atoms with Crippen LogP contribution >= 0.6 is 22.9 Å². The van der Waals surface area contributed by atoms with Crippen LogP contribution in [-0.4, -0.2) is 31.5 Å². The second kappa shape index (κ2) is 6.56. The van der Waals surface area contributed by atoms with E-state index in [2.05, 4.69) is 15.1 Å². The maximum Gasteiger partial charge on any atom is 0.143 e. The Balaban J connectivity index is 2.03. The summed E-state index contributed by atoms with van der Waals surface area (Å²) in [6.45, 7) is 2.02. The molecule has 3 aromatic rings. The van der Waals surface area contributed by atoms with Crippen molar-refractivity contribution in [3.63, 3.8) is 0 Å². The van der Waals surface area contributed by atoms with Crippen LogP contribution in [0.3, 0.4) is 0 Å². The molecule has 7 heteroatoms. The molecule has 0 aliphatic heterocycles.